The summed E-state index contributed by atoms with van der Waals surface area (Å²) in [4.78, 5) is 13.4. The minimum atomic E-state index is 0.676. The van der Waals surface area contributed by atoms with E-state index in [1.54, 1.807) is 0 Å². The van der Waals surface area contributed by atoms with Gasteiger partial charge >= 0.3 is 0 Å². The zero-order valence-corrected chi connectivity index (χ0v) is 10.4. The summed E-state index contributed by atoms with van der Waals surface area (Å²) in [6, 6.07) is 0. The predicted molar refractivity (Wildman–Crippen MR) is 63.9 cm³/mol. The fraction of sp³-hybridized carbons (Fsp3) is 0.667. The van der Waals surface area contributed by atoms with Crippen LogP contribution in [0, 0.1) is 18.8 Å². The van der Waals surface area contributed by atoms with Crippen molar-refractivity contribution < 1.29 is 4.79 Å². The molecule has 1 aromatic heterocycles. The van der Waals surface area contributed by atoms with E-state index in [1.165, 1.54) is 0 Å². The van der Waals surface area contributed by atoms with Crippen LogP contribution in [0.4, 0.5) is 5.82 Å². The summed E-state index contributed by atoms with van der Waals surface area (Å²) in [5.41, 5.74) is 1.56. The van der Waals surface area contributed by atoms with Crippen molar-refractivity contribution in [2.24, 2.45) is 18.9 Å². The van der Waals surface area contributed by atoms with Crippen LogP contribution >= 0.6 is 0 Å². The zero-order valence-electron chi connectivity index (χ0n) is 10.4. The summed E-state index contributed by atoms with van der Waals surface area (Å²) in [5, 5.41) is 4.32. The molecule has 0 amide bonds. The molecule has 16 heavy (non-hydrogen) atoms. The number of hydrogen-bond acceptors (Lipinski definition) is 3. The van der Waals surface area contributed by atoms with Crippen molar-refractivity contribution in [2.45, 2.75) is 20.8 Å². The van der Waals surface area contributed by atoms with Crippen LogP contribution in [0.3, 0.4) is 0 Å². The number of aldehydes is 1. The summed E-state index contributed by atoms with van der Waals surface area (Å²) in [6.07, 6.45) is 0.922. The van der Waals surface area contributed by atoms with Crippen molar-refractivity contribution in [3.63, 3.8) is 0 Å². The second kappa shape index (κ2) is 3.92. The first-order chi connectivity index (χ1) is 7.54. The lowest BCUT2D eigenvalue weighted by atomic mass is 10.0. The number of aryl methyl sites for hydroxylation is 2. The van der Waals surface area contributed by atoms with Crippen molar-refractivity contribution in [3.05, 3.63) is 11.3 Å². The monoisotopic (exact) mass is 221 g/mol. The van der Waals surface area contributed by atoms with Crippen molar-refractivity contribution in [2.75, 3.05) is 18.0 Å². The van der Waals surface area contributed by atoms with Crippen LogP contribution in [-0.2, 0) is 7.05 Å². The largest absolute Gasteiger partial charge is 0.356 e. The van der Waals surface area contributed by atoms with Crippen LogP contribution in [0.1, 0.15) is 29.9 Å². The molecule has 0 bridgehead atoms. The Labute approximate surface area is 96.2 Å². The van der Waals surface area contributed by atoms with E-state index in [2.05, 4.69) is 23.8 Å². The number of carbonyl (C=O) groups is 1. The third-order valence-corrected chi connectivity index (χ3v) is 3.64. The van der Waals surface area contributed by atoms with Crippen LogP contribution in [0.2, 0.25) is 0 Å². The van der Waals surface area contributed by atoms with Gasteiger partial charge in [-0.25, -0.2) is 0 Å². The van der Waals surface area contributed by atoms with Gasteiger partial charge in [0.25, 0.3) is 0 Å². The number of hydrogen-bond donors (Lipinski definition) is 0. The van der Waals surface area contributed by atoms with E-state index in [9.17, 15) is 4.79 Å². The second-order valence-electron chi connectivity index (χ2n) is 4.92. The molecular formula is C12H19N3O. The lowest BCUT2D eigenvalue weighted by Gasteiger charge is -2.18. The third kappa shape index (κ3) is 1.62. The van der Waals surface area contributed by atoms with Crippen molar-refractivity contribution >= 4 is 12.1 Å². The van der Waals surface area contributed by atoms with E-state index >= 15 is 0 Å². The fourth-order valence-corrected chi connectivity index (χ4v) is 2.48. The molecule has 0 aliphatic carbocycles. The number of rotatable bonds is 2. The van der Waals surface area contributed by atoms with Gasteiger partial charge in [-0.1, -0.05) is 13.8 Å². The molecule has 1 saturated heterocycles. The SMILES string of the molecule is Cc1nn(C)c(N2CC(C)C(C)C2)c1C=O. The van der Waals surface area contributed by atoms with Crippen molar-refractivity contribution in [3.8, 4) is 0 Å². The number of carbonyl (C=O) groups excluding carboxylic acids is 1. The molecule has 88 valence electrons. The molecule has 0 radical (unpaired) electrons. The lowest BCUT2D eigenvalue weighted by Crippen LogP contribution is -2.23. The summed E-state index contributed by atoms with van der Waals surface area (Å²) in [7, 11) is 1.91. The van der Waals surface area contributed by atoms with Crippen LogP contribution in [0.15, 0.2) is 0 Å². The normalized spacial score (nSPS) is 25.1. The quantitative estimate of drug-likeness (QED) is 0.712. The van der Waals surface area contributed by atoms with Crippen molar-refractivity contribution in [1.29, 1.82) is 0 Å². The highest BCUT2D eigenvalue weighted by Crippen LogP contribution is 2.30. The van der Waals surface area contributed by atoms with Gasteiger partial charge in [0.1, 0.15) is 5.82 Å². The van der Waals surface area contributed by atoms with Gasteiger partial charge in [-0.05, 0) is 18.8 Å². The number of aromatic nitrogens is 2. The average Bonchev–Trinajstić information content (AvgIpc) is 2.67. The molecule has 0 N–H and O–H groups in total. The molecule has 2 unspecified atom stereocenters. The molecule has 1 aliphatic rings. The minimum Gasteiger partial charge on any atom is -0.356 e. The Hall–Kier alpha value is -1.32. The highest BCUT2D eigenvalue weighted by Gasteiger charge is 2.30. The van der Waals surface area contributed by atoms with Gasteiger partial charge in [-0.2, -0.15) is 5.10 Å². The Balaban J connectivity index is 2.37. The maximum atomic E-state index is 11.1. The van der Waals surface area contributed by atoms with Gasteiger partial charge in [0.2, 0.25) is 0 Å². The fourth-order valence-electron chi connectivity index (χ4n) is 2.48. The first kappa shape index (κ1) is 11.2. The molecule has 1 fully saturated rings. The van der Waals surface area contributed by atoms with Crippen molar-refractivity contribution in [1.82, 2.24) is 9.78 Å². The topological polar surface area (TPSA) is 38.1 Å². The molecular weight excluding hydrogens is 202 g/mol. The van der Waals surface area contributed by atoms with Crippen LogP contribution in [-0.4, -0.2) is 29.2 Å². The molecule has 4 heteroatoms. The van der Waals surface area contributed by atoms with Gasteiger partial charge < -0.3 is 4.90 Å². The average molecular weight is 221 g/mol. The predicted octanol–water partition coefficient (Wildman–Crippen LogP) is 1.63. The molecule has 1 aromatic rings. The Morgan fingerprint density at radius 1 is 1.31 bits per heavy atom. The summed E-state index contributed by atoms with van der Waals surface area (Å²) >= 11 is 0. The molecule has 0 aromatic carbocycles. The lowest BCUT2D eigenvalue weighted by molar-refractivity contribution is 0.112. The first-order valence-corrected chi connectivity index (χ1v) is 5.78. The number of nitrogens with zero attached hydrogens (tertiary/aromatic N) is 3. The second-order valence-corrected chi connectivity index (χ2v) is 4.92. The zero-order chi connectivity index (χ0) is 11.9. The Kier molecular flexibility index (Phi) is 2.74. The standard InChI is InChI=1S/C12H19N3O/c1-8-5-15(6-9(8)2)12-11(7-16)10(3)13-14(12)4/h7-9H,5-6H2,1-4H3. The highest BCUT2D eigenvalue weighted by atomic mass is 16.1. The maximum absolute atomic E-state index is 11.1. The molecule has 2 rings (SSSR count). The Bertz CT molecular complexity index is 401. The van der Waals surface area contributed by atoms with E-state index in [1.807, 2.05) is 18.7 Å². The number of anilines is 1. The van der Waals surface area contributed by atoms with E-state index < -0.39 is 0 Å². The summed E-state index contributed by atoms with van der Waals surface area (Å²) in [5.74, 6) is 2.33. The van der Waals surface area contributed by atoms with Crippen LogP contribution in [0.25, 0.3) is 0 Å². The van der Waals surface area contributed by atoms with Crippen LogP contribution < -0.4 is 4.90 Å². The Morgan fingerprint density at radius 2 is 1.88 bits per heavy atom. The third-order valence-electron chi connectivity index (χ3n) is 3.64. The molecule has 2 heterocycles. The van der Waals surface area contributed by atoms with E-state index in [-0.39, 0.29) is 0 Å². The molecule has 1 aliphatic heterocycles. The van der Waals surface area contributed by atoms with E-state index in [0.29, 0.717) is 11.8 Å². The van der Waals surface area contributed by atoms with Gasteiger partial charge in [0, 0.05) is 20.1 Å². The van der Waals surface area contributed by atoms with E-state index in [0.717, 1.165) is 36.5 Å². The molecule has 0 saturated carbocycles. The maximum Gasteiger partial charge on any atom is 0.155 e. The van der Waals surface area contributed by atoms with Gasteiger partial charge in [-0.3, -0.25) is 9.48 Å². The summed E-state index contributed by atoms with van der Waals surface area (Å²) in [6.45, 7) is 8.43. The molecule has 2 atom stereocenters. The van der Waals surface area contributed by atoms with E-state index in [4.69, 9.17) is 0 Å². The molecule has 0 spiro atoms. The smallest absolute Gasteiger partial charge is 0.155 e. The minimum absolute atomic E-state index is 0.676. The van der Waals surface area contributed by atoms with Gasteiger partial charge in [0.15, 0.2) is 6.29 Å². The Morgan fingerprint density at radius 3 is 2.38 bits per heavy atom. The van der Waals surface area contributed by atoms with Crippen LogP contribution in [0.5, 0.6) is 0 Å². The van der Waals surface area contributed by atoms with Gasteiger partial charge in [0.05, 0.1) is 11.3 Å². The van der Waals surface area contributed by atoms with Gasteiger partial charge in [-0.15, -0.1) is 0 Å². The first-order valence-electron chi connectivity index (χ1n) is 5.78. The molecule has 4 nitrogen and oxygen atoms in total. The summed E-state index contributed by atoms with van der Waals surface area (Å²) < 4.78 is 1.82. The highest BCUT2D eigenvalue weighted by molar-refractivity contribution is 5.84.